The van der Waals surface area contributed by atoms with Crippen molar-refractivity contribution in [2.75, 3.05) is 33.2 Å². The number of likely N-dealkylation sites (N-methyl/N-ethyl adjacent to an activating group) is 1. The van der Waals surface area contributed by atoms with Crippen LogP contribution in [-0.4, -0.2) is 77.0 Å². The average Bonchev–Trinajstić information content (AvgIpc) is 2.91. The Morgan fingerprint density at radius 1 is 1.19 bits per heavy atom. The van der Waals surface area contributed by atoms with E-state index < -0.39 is 5.97 Å². The molecule has 0 aliphatic carbocycles. The van der Waals surface area contributed by atoms with E-state index in [1.165, 1.54) is 9.80 Å². The van der Waals surface area contributed by atoms with E-state index in [0.717, 1.165) is 25.9 Å². The molecule has 7 nitrogen and oxygen atoms in total. The first-order valence-corrected chi connectivity index (χ1v) is 7.34. The summed E-state index contributed by atoms with van der Waals surface area (Å²) in [7, 11) is 1.58. The second-order valence-electron chi connectivity index (χ2n) is 5.66. The predicted octanol–water partition coefficient (Wildman–Crippen LogP) is 0.846. The van der Waals surface area contributed by atoms with Gasteiger partial charge in [0, 0.05) is 32.7 Å². The highest BCUT2D eigenvalue weighted by Crippen LogP contribution is 2.09. The van der Waals surface area contributed by atoms with E-state index in [4.69, 9.17) is 5.11 Å². The number of aliphatic carboxylic acids is 1. The summed E-state index contributed by atoms with van der Waals surface area (Å²) in [5.41, 5.74) is 0. The van der Waals surface area contributed by atoms with Crippen molar-refractivity contribution in [3.63, 3.8) is 0 Å². The molecule has 0 aromatic heterocycles. The van der Waals surface area contributed by atoms with Gasteiger partial charge >= 0.3 is 12.0 Å². The average molecular weight is 299 g/mol. The van der Waals surface area contributed by atoms with E-state index >= 15 is 0 Å². The van der Waals surface area contributed by atoms with Crippen molar-refractivity contribution in [3.8, 4) is 0 Å². The minimum absolute atomic E-state index is 0.0368. The lowest BCUT2D eigenvalue weighted by Crippen LogP contribution is -2.48. The largest absolute Gasteiger partial charge is 0.481 e. The molecule has 1 rings (SSSR count). The van der Waals surface area contributed by atoms with Crippen LogP contribution in [0.1, 0.15) is 33.1 Å². The van der Waals surface area contributed by atoms with Crippen LogP contribution >= 0.6 is 0 Å². The first-order valence-electron chi connectivity index (χ1n) is 7.34. The summed E-state index contributed by atoms with van der Waals surface area (Å²) in [5, 5.41) is 8.74. The third-order valence-corrected chi connectivity index (χ3v) is 3.59. The Labute approximate surface area is 125 Å². The second kappa shape index (κ2) is 7.85. The van der Waals surface area contributed by atoms with Gasteiger partial charge in [0.05, 0.1) is 6.42 Å². The van der Waals surface area contributed by atoms with Gasteiger partial charge in [0.25, 0.3) is 0 Å². The maximum atomic E-state index is 12.3. The summed E-state index contributed by atoms with van der Waals surface area (Å²) in [4.78, 5) is 39.6. The minimum atomic E-state index is -0.941. The van der Waals surface area contributed by atoms with Crippen LogP contribution in [0.3, 0.4) is 0 Å². The Kier molecular flexibility index (Phi) is 6.45. The highest BCUT2D eigenvalue weighted by Gasteiger charge is 2.25. The van der Waals surface area contributed by atoms with Crippen molar-refractivity contribution < 1.29 is 19.5 Å². The zero-order valence-corrected chi connectivity index (χ0v) is 13.0. The smallest absolute Gasteiger partial charge is 0.320 e. The molecule has 1 N–H and O–H groups in total. The highest BCUT2D eigenvalue weighted by molar-refractivity contribution is 5.84. The van der Waals surface area contributed by atoms with E-state index in [0.29, 0.717) is 0 Å². The fourth-order valence-electron chi connectivity index (χ4n) is 2.35. The topological polar surface area (TPSA) is 81.2 Å². The Hall–Kier alpha value is -1.79. The number of urea groups is 1. The van der Waals surface area contributed by atoms with Gasteiger partial charge in [-0.25, -0.2) is 4.79 Å². The van der Waals surface area contributed by atoms with Crippen molar-refractivity contribution in [1.29, 1.82) is 0 Å². The van der Waals surface area contributed by atoms with Crippen LogP contribution in [0.25, 0.3) is 0 Å². The van der Waals surface area contributed by atoms with Crippen LogP contribution in [0.2, 0.25) is 0 Å². The van der Waals surface area contributed by atoms with Gasteiger partial charge in [0.1, 0.15) is 6.54 Å². The van der Waals surface area contributed by atoms with Gasteiger partial charge < -0.3 is 19.8 Å². The van der Waals surface area contributed by atoms with E-state index in [-0.39, 0.29) is 37.5 Å². The summed E-state index contributed by atoms with van der Waals surface area (Å²) in [6, 6.07) is -0.417. The molecule has 0 radical (unpaired) electrons. The standard InChI is InChI=1S/C14H25N3O4/c1-11(2)17(9-6-13(19)20)14(21)15(3)10-12(18)16-7-4-5-8-16/h11H,4-10H2,1-3H3,(H,19,20). The van der Waals surface area contributed by atoms with Crippen LogP contribution in [0.5, 0.6) is 0 Å². The zero-order chi connectivity index (χ0) is 16.0. The van der Waals surface area contributed by atoms with Crippen molar-refractivity contribution >= 4 is 17.9 Å². The quantitative estimate of drug-likeness (QED) is 0.788. The Bertz CT molecular complexity index is 392. The number of carboxylic acids is 1. The molecule has 0 aromatic rings. The molecule has 21 heavy (non-hydrogen) atoms. The third kappa shape index (κ3) is 5.24. The minimum Gasteiger partial charge on any atom is -0.481 e. The van der Waals surface area contributed by atoms with Gasteiger partial charge in [-0.3, -0.25) is 9.59 Å². The molecule has 1 heterocycles. The zero-order valence-electron chi connectivity index (χ0n) is 13.0. The monoisotopic (exact) mass is 299 g/mol. The SMILES string of the molecule is CC(C)N(CCC(=O)O)C(=O)N(C)CC(=O)N1CCCC1. The number of hydrogen-bond acceptors (Lipinski definition) is 3. The maximum absolute atomic E-state index is 12.3. The van der Waals surface area contributed by atoms with Gasteiger partial charge in [-0.15, -0.1) is 0 Å². The Morgan fingerprint density at radius 3 is 2.24 bits per heavy atom. The predicted molar refractivity (Wildman–Crippen MR) is 77.9 cm³/mol. The Balaban J connectivity index is 2.56. The molecule has 0 atom stereocenters. The highest BCUT2D eigenvalue weighted by atomic mass is 16.4. The molecule has 3 amide bonds. The molecule has 0 unspecified atom stereocenters. The van der Waals surface area contributed by atoms with Gasteiger partial charge in [-0.1, -0.05) is 0 Å². The van der Waals surface area contributed by atoms with Crippen molar-refractivity contribution in [3.05, 3.63) is 0 Å². The second-order valence-corrected chi connectivity index (χ2v) is 5.66. The number of nitrogens with zero attached hydrogens (tertiary/aromatic N) is 3. The van der Waals surface area contributed by atoms with Crippen LogP contribution in [0.15, 0.2) is 0 Å². The first-order chi connectivity index (χ1) is 9.82. The lowest BCUT2D eigenvalue weighted by molar-refractivity contribution is -0.137. The van der Waals surface area contributed by atoms with Gasteiger partial charge in [-0.05, 0) is 26.7 Å². The number of rotatable bonds is 6. The number of hydrogen-bond donors (Lipinski definition) is 1. The molecule has 7 heteroatoms. The van der Waals surface area contributed by atoms with E-state index in [1.807, 2.05) is 13.8 Å². The molecule has 1 saturated heterocycles. The number of carboxylic acid groups (broad SMARTS) is 1. The van der Waals surface area contributed by atoms with Crippen LogP contribution in [-0.2, 0) is 9.59 Å². The molecule has 0 bridgehead atoms. The summed E-state index contributed by atoms with van der Waals surface area (Å²) in [6.07, 6.45) is 1.93. The molecule has 0 aromatic carbocycles. The summed E-state index contributed by atoms with van der Waals surface area (Å²) in [5.74, 6) is -0.991. The molecule has 0 spiro atoms. The third-order valence-electron chi connectivity index (χ3n) is 3.59. The van der Waals surface area contributed by atoms with Crippen molar-refractivity contribution in [1.82, 2.24) is 14.7 Å². The fourth-order valence-corrected chi connectivity index (χ4v) is 2.35. The molecular weight excluding hydrogens is 274 g/mol. The molecule has 1 fully saturated rings. The van der Waals surface area contributed by atoms with Crippen molar-refractivity contribution in [2.45, 2.75) is 39.2 Å². The lowest BCUT2D eigenvalue weighted by atomic mass is 10.3. The Morgan fingerprint density at radius 2 is 1.76 bits per heavy atom. The maximum Gasteiger partial charge on any atom is 0.320 e. The van der Waals surface area contributed by atoms with Crippen LogP contribution < -0.4 is 0 Å². The van der Waals surface area contributed by atoms with E-state index in [2.05, 4.69) is 0 Å². The summed E-state index contributed by atoms with van der Waals surface area (Å²) < 4.78 is 0. The lowest BCUT2D eigenvalue weighted by Gasteiger charge is -2.31. The summed E-state index contributed by atoms with van der Waals surface area (Å²) in [6.45, 7) is 5.36. The first kappa shape index (κ1) is 17.3. The van der Waals surface area contributed by atoms with Crippen LogP contribution in [0, 0.1) is 0 Å². The number of likely N-dealkylation sites (tertiary alicyclic amines) is 1. The summed E-state index contributed by atoms with van der Waals surface area (Å²) >= 11 is 0. The number of amides is 3. The van der Waals surface area contributed by atoms with Crippen molar-refractivity contribution in [2.24, 2.45) is 0 Å². The van der Waals surface area contributed by atoms with Gasteiger partial charge in [-0.2, -0.15) is 0 Å². The molecular formula is C14H25N3O4. The molecule has 1 aliphatic rings. The normalized spacial score (nSPS) is 14.4. The van der Waals surface area contributed by atoms with E-state index in [1.54, 1.807) is 11.9 Å². The van der Waals surface area contributed by atoms with Gasteiger partial charge in [0.2, 0.25) is 5.91 Å². The number of carbonyl (C=O) groups is 3. The number of carbonyl (C=O) groups excluding carboxylic acids is 2. The molecule has 0 saturated carbocycles. The fraction of sp³-hybridized carbons (Fsp3) is 0.786. The molecule has 120 valence electrons. The van der Waals surface area contributed by atoms with E-state index in [9.17, 15) is 14.4 Å². The van der Waals surface area contributed by atoms with Gasteiger partial charge in [0.15, 0.2) is 0 Å². The van der Waals surface area contributed by atoms with Crippen LogP contribution in [0.4, 0.5) is 4.79 Å². The molecule has 1 aliphatic heterocycles.